The molecular weight excluding hydrogens is 302 g/mol. The Morgan fingerprint density at radius 2 is 1.88 bits per heavy atom. The van der Waals surface area contributed by atoms with Gasteiger partial charge in [-0.1, -0.05) is 29.8 Å². The lowest BCUT2D eigenvalue weighted by atomic mass is 10.1. The Hall–Kier alpha value is -2.49. The van der Waals surface area contributed by atoms with Crippen molar-refractivity contribution >= 4 is 5.91 Å². The van der Waals surface area contributed by atoms with Crippen molar-refractivity contribution in [2.24, 2.45) is 0 Å². The highest BCUT2D eigenvalue weighted by Gasteiger charge is 2.13. The standard InChI is InChI=1S/C20H25NO3/c1-15-9-11-18(12-10-15)24-16(2)20(22)21-13-5-7-17-6-4-8-19(14-17)23-3/h4,6,8-12,14,16H,5,7,13H2,1-3H3,(H,21,22)/t16-/m0/s1. The monoisotopic (exact) mass is 327 g/mol. The molecule has 2 aromatic rings. The lowest BCUT2D eigenvalue weighted by molar-refractivity contribution is -0.127. The highest BCUT2D eigenvalue weighted by Crippen LogP contribution is 2.14. The van der Waals surface area contributed by atoms with Gasteiger partial charge in [0, 0.05) is 6.54 Å². The van der Waals surface area contributed by atoms with Crippen LogP contribution in [-0.4, -0.2) is 25.7 Å². The van der Waals surface area contributed by atoms with E-state index in [0.717, 1.165) is 24.2 Å². The predicted molar refractivity (Wildman–Crippen MR) is 95.6 cm³/mol. The molecular formula is C20H25NO3. The second-order valence-electron chi connectivity index (χ2n) is 5.82. The molecule has 1 atom stereocenters. The van der Waals surface area contributed by atoms with E-state index in [-0.39, 0.29) is 5.91 Å². The normalized spacial score (nSPS) is 11.6. The second kappa shape index (κ2) is 8.96. The van der Waals surface area contributed by atoms with Gasteiger partial charge < -0.3 is 14.8 Å². The number of methoxy groups -OCH3 is 1. The van der Waals surface area contributed by atoms with E-state index in [1.165, 1.54) is 5.56 Å². The van der Waals surface area contributed by atoms with Crippen LogP contribution in [0.4, 0.5) is 0 Å². The van der Waals surface area contributed by atoms with Crippen LogP contribution < -0.4 is 14.8 Å². The maximum absolute atomic E-state index is 12.1. The van der Waals surface area contributed by atoms with Crippen molar-refractivity contribution < 1.29 is 14.3 Å². The summed E-state index contributed by atoms with van der Waals surface area (Å²) in [7, 11) is 1.66. The molecule has 0 heterocycles. The van der Waals surface area contributed by atoms with Gasteiger partial charge >= 0.3 is 0 Å². The minimum atomic E-state index is -0.510. The summed E-state index contributed by atoms with van der Waals surface area (Å²) in [5.41, 5.74) is 2.37. The fourth-order valence-corrected chi connectivity index (χ4v) is 2.35. The Kier molecular flexibility index (Phi) is 6.67. The third-order valence-corrected chi connectivity index (χ3v) is 3.78. The maximum Gasteiger partial charge on any atom is 0.260 e. The number of benzene rings is 2. The molecule has 4 heteroatoms. The van der Waals surface area contributed by atoms with Crippen LogP contribution in [-0.2, 0) is 11.2 Å². The zero-order chi connectivity index (χ0) is 17.4. The number of carbonyl (C=O) groups excluding carboxylic acids is 1. The summed E-state index contributed by atoms with van der Waals surface area (Å²) in [6.07, 6.45) is 1.26. The summed E-state index contributed by atoms with van der Waals surface area (Å²) in [5.74, 6) is 1.47. The second-order valence-corrected chi connectivity index (χ2v) is 5.82. The van der Waals surface area contributed by atoms with Crippen molar-refractivity contribution in [3.05, 3.63) is 59.7 Å². The molecule has 0 bridgehead atoms. The first-order valence-electron chi connectivity index (χ1n) is 8.22. The molecule has 2 rings (SSSR count). The zero-order valence-electron chi connectivity index (χ0n) is 14.5. The Labute approximate surface area is 143 Å². The first kappa shape index (κ1) is 17.9. The van der Waals surface area contributed by atoms with E-state index >= 15 is 0 Å². The zero-order valence-corrected chi connectivity index (χ0v) is 14.5. The van der Waals surface area contributed by atoms with Crippen molar-refractivity contribution in [2.45, 2.75) is 32.8 Å². The molecule has 0 aromatic heterocycles. The summed E-state index contributed by atoms with van der Waals surface area (Å²) in [6.45, 7) is 4.40. The van der Waals surface area contributed by atoms with Gasteiger partial charge in [0.2, 0.25) is 0 Å². The quantitative estimate of drug-likeness (QED) is 0.755. The number of rotatable bonds is 8. The molecule has 0 aliphatic heterocycles. The fourth-order valence-electron chi connectivity index (χ4n) is 2.35. The third kappa shape index (κ3) is 5.61. The summed E-state index contributed by atoms with van der Waals surface area (Å²) < 4.78 is 10.9. The molecule has 24 heavy (non-hydrogen) atoms. The summed E-state index contributed by atoms with van der Waals surface area (Å²) in [5, 5.41) is 2.92. The van der Waals surface area contributed by atoms with Gasteiger partial charge in [-0.3, -0.25) is 4.79 Å². The van der Waals surface area contributed by atoms with Gasteiger partial charge in [0.05, 0.1) is 7.11 Å². The lowest BCUT2D eigenvalue weighted by Crippen LogP contribution is -2.36. The lowest BCUT2D eigenvalue weighted by Gasteiger charge is -2.15. The van der Waals surface area contributed by atoms with Gasteiger partial charge in [0.25, 0.3) is 5.91 Å². The van der Waals surface area contributed by atoms with E-state index in [0.29, 0.717) is 12.3 Å². The number of amides is 1. The van der Waals surface area contributed by atoms with E-state index in [2.05, 4.69) is 11.4 Å². The van der Waals surface area contributed by atoms with E-state index in [9.17, 15) is 4.79 Å². The molecule has 0 radical (unpaired) electrons. The van der Waals surface area contributed by atoms with Gasteiger partial charge in [0.1, 0.15) is 11.5 Å². The number of hydrogen-bond acceptors (Lipinski definition) is 3. The van der Waals surface area contributed by atoms with Crippen molar-refractivity contribution in [3.63, 3.8) is 0 Å². The van der Waals surface area contributed by atoms with Crippen molar-refractivity contribution in [3.8, 4) is 11.5 Å². The molecule has 0 saturated carbocycles. The van der Waals surface area contributed by atoms with Gasteiger partial charge in [0.15, 0.2) is 6.10 Å². The summed E-state index contributed by atoms with van der Waals surface area (Å²) in [4.78, 5) is 12.1. The Balaban J connectivity index is 1.71. The highest BCUT2D eigenvalue weighted by atomic mass is 16.5. The van der Waals surface area contributed by atoms with E-state index in [1.54, 1.807) is 14.0 Å². The molecule has 0 saturated heterocycles. The molecule has 1 N–H and O–H groups in total. The van der Waals surface area contributed by atoms with Crippen molar-refractivity contribution in [1.29, 1.82) is 0 Å². The van der Waals surface area contributed by atoms with Crippen molar-refractivity contribution in [2.75, 3.05) is 13.7 Å². The van der Waals surface area contributed by atoms with E-state index in [4.69, 9.17) is 9.47 Å². The Morgan fingerprint density at radius 1 is 1.12 bits per heavy atom. The first-order chi connectivity index (χ1) is 11.6. The summed E-state index contributed by atoms with van der Waals surface area (Å²) >= 11 is 0. The minimum Gasteiger partial charge on any atom is -0.497 e. The average Bonchev–Trinajstić information content (AvgIpc) is 2.60. The smallest absolute Gasteiger partial charge is 0.260 e. The number of aryl methyl sites for hydroxylation is 2. The molecule has 4 nitrogen and oxygen atoms in total. The van der Waals surface area contributed by atoms with Crippen LogP contribution >= 0.6 is 0 Å². The molecule has 128 valence electrons. The predicted octanol–water partition coefficient (Wildman–Crippen LogP) is 3.52. The highest BCUT2D eigenvalue weighted by molar-refractivity contribution is 5.80. The van der Waals surface area contributed by atoms with Gasteiger partial charge in [-0.05, 0) is 56.5 Å². The van der Waals surface area contributed by atoms with Gasteiger partial charge in [-0.2, -0.15) is 0 Å². The number of ether oxygens (including phenoxy) is 2. The molecule has 1 amide bonds. The number of hydrogen-bond donors (Lipinski definition) is 1. The number of nitrogens with one attached hydrogen (secondary N) is 1. The van der Waals surface area contributed by atoms with Crippen molar-refractivity contribution in [1.82, 2.24) is 5.32 Å². The minimum absolute atomic E-state index is 0.0961. The molecule has 0 unspecified atom stereocenters. The van der Waals surface area contributed by atoms with Gasteiger partial charge in [-0.15, -0.1) is 0 Å². The molecule has 2 aromatic carbocycles. The molecule has 0 aliphatic rings. The molecule has 0 fully saturated rings. The first-order valence-corrected chi connectivity index (χ1v) is 8.22. The topological polar surface area (TPSA) is 47.6 Å². The van der Waals surface area contributed by atoms with Crippen LogP contribution in [0.15, 0.2) is 48.5 Å². The van der Waals surface area contributed by atoms with Crippen LogP contribution in [0.2, 0.25) is 0 Å². The van der Waals surface area contributed by atoms with E-state index in [1.807, 2.05) is 49.4 Å². The van der Waals surface area contributed by atoms with Crippen LogP contribution in [0.1, 0.15) is 24.5 Å². The maximum atomic E-state index is 12.1. The van der Waals surface area contributed by atoms with Gasteiger partial charge in [-0.25, -0.2) is 0 Å². The van der Waals surface area contributed by atoms with Crippen LogP contribution in [0.3, 0.4) is 0 Å². The van der Waals surface area contributed by atoms with E-state index < -0.39 is 6.10 Å². The Bertz CT molecular complexity index is 652. The third-order valence-electron chi connectivity index (χ3n) is 3.78. The Morgan fingerprint density at radius 3 is 2.58 bits per heavy atom. The van der Waals surface area contributed by atoms with Crippen LogP contribution in [0.25, 0.3) is 0 Å². The SMILES string of the molecule is COc1cccc(CCCNC(=O)[C@H](C)Oc2ccc(C)cc2)c1. The molecule has 0 spiro atoms. The largest absolute Gasteiger partial charge is 0.497 e. The van der Waals surface area contributed by atoms with Crippen LogP contribution in [0, 0.1) is 6.92 Å². The van der Waals surface area contributed by atoms with Crippen LogP contribution in [0.5, 0.6) is 11.5 Å². The average molecular weight is 327 g/mol. The fraction of sp³-hybridized carbons (Fsp3) is 0.350. The molecule has 0 aliphatic carbocycles. The summed E-state index contributed by atoms with van der Waals surface area (Å²) in [6, 6.07) is 15.7. The number of carbonyl (C=O) groups is 1.